The predicted molar refractivity (Wildman–Crippen MR) is 45.6 cm³/mol. The lowest BCUT2D eigenvalue weighted by Gasteiger charge is -2.21. The lowest BCUT2D eigenvalue weighted by Crippen LogP contribution is -2.26. The predicted octanol–water partition coefficient (Wildman–Crippen LogP) is 2.89. The van der Waals surface area contributed by atoms with Gasteiger partial charge in [0, 0.05) is 0 Å². The topological polar surface area (TPSA) is 12.5 Å². The van der Waals surface area contributed by atoms with Crippen molar-refractivity contribution in [2.24, 2.45) is 0 Å². The molecule has 1 nitrogen and oxygen atoms in total. The molecule has 1 heterocycles. The van der Waals surface area contributed by atoms with Gasteiger partial charge in [-0.05, 0) is 26.2 Å². The Kier molecular flexibility index (Phi) is 1.54. The quantitative estimate of drug-likeness (QED) is 0.557. The Morgan fingerprint density at radius 2 is 2.00 bits per heavy atom. The van der Waals surface area contributed by atoms with Crippen molar-refractivity contribution in [3.8, 4) is 0 Å². The number of hydrogen-bond donors (Lipinski definition) is 0. The number of ether oxygens (including phenoxy) is 1. The van der Waals surface area contributed by atoms with Crippen LogP contribution in [0, 0.1) is 0 Å². The summed E-state index contributed by atoms with van der Waals surface area (Å²) in [4.78, 5) is 0. The van der Waals surface area contributed by atoms with Gasteiger partial charge in [0.25, 0.3) is 0 Å². The summed E-state index contributed by atoms with van der Waals surface area (Å²) in [5, 5.41) is 0. The average Bonchev–Trinajstić information content (AvgIpc) is 2.56. The van der Waals surface area contributed by atoms with Crippen LogP contribution in [0.5, 0.6) is 0 Å². The van der Waals surface area contributed by atoms with Gasteiger partial charge in [-0.2, -0.15) is 0 Å². The molecule has 0 N–H and O–H groups in total. The third-order valence-electron chi connectivity index (χ3n) is 3.48. The molecule has 1 saturated carbocycles. The minimum absolute atomic E-state index is 0.293. The molecule has 2 fully saturated rings. The summed E-state index contributed by atoms with van der Waals surface area (Å²) < 4.78 is 5.89. The maximum Gasteiger partial charge on any atom is 0.0977 e. The van der Waals surface area contributed by atoms with Crippen molar-refractivity contribution in [1.82, 2.24) is 0 Å². The van der Waals surface area contributed by atoms with Crippen LogP contribution in [0.1, 0.15) is 52.4 Å². The molecule has 64 valence electrons. The fraction of sp³-hybridized carbons (Fsp3) is 1.00. The van der Waals surface area contributed by atoms with E-state index in [2.05, 4.69) is 13.8 Å². The van der Waals surface area contributed by atoms with Crippen LogP contribution in [0.25, 0.3) is 0 Å². The molecular weight excluding hydrogens is 136 g/mol. The highest BCUT2D eigenvalue weighted by molar-refractivity contribution is 5.14. The number of epoxide rings is 1. The number of fused-ring (bicyclic) bond motifs is 1. The third-order valence-corrected chi connectivity index (χ3v) is 3.48. The molecule has 2 unspecified atom stereocenters. The monoisotopic (exact) mass is 154 g/mol. The van der Waals surface area contributed by atoms with Gasteiger partial charge in [0.15, 0.2) is 0 Å². The van der Waals surface area contributed by atoms with E-state index in [1.165, 1.54) is 38.5 Å². The van der Waals surface area contributed by atoms with Gasteiger partial charge in [-0.15, -0.1) is 0 Å². The van der Waals surface area contributed by atoms with Gasteiger partial charge in [-0.3, -0.25) is 0 Å². The molecule has 1 aliphatic heterocycles. The molecule has 2 aliphatic rings. The third kappa shape index (κ3) is 0.936. The van der Waals surface area contributed by atoms with E-state index in [0.29, 0.717) is 11.2 Å². The van der Waals surface area contributed by atoms with Crippen molar-refractivity contribution < 1.29 is 4.74 Å². The van der Waals surface area contributed by atoms with E-state index < -0.39 is 0 Å². The summed E-state index contributed by atoms with van der Waals surface area (Å²) in [5.74, 6) is 0. The second-order valence-electron chi connectivity index (χ2n) is 4.28. The fourth-order valence-electron chi connectivity index (χ4n) is 2.72. The van der Waals surface area contributed by atoms with Crippen LogP contribution in [0.4, 0.5) is 0 Å². The minimum atomic E-state index is 0.293. The largest absolute Gasteiger partial charge is 0.363 e. The highest BCUT2D eigenvalue weighted by Gasteiger charge is 2.65. The van der Waals surface area contributed by atoms with Gasteiger partial charge in [0.05, 0.1) is 11.2 Å². The number of hydrogen-bond acceptors (Lipinski definition) is 1. The Morgan fingerprint density at radius 3 is 2.64 bits per heavy atom. The van der Waals surface area contributed by atoms with Crippen LogP contribution in [0.2, 0.25) is 0 Å². The van der Waals surface area contributed by atoms with E-state index >= 15 is 0 Å². The fourth-order valence-corrected chi connectivity index (χ4v) is 2.72. The molecule has 2 atom stereocenters. The van der Waals surface area contributed by atoms with Crippen molar-refractivity contribution in [3.05, 3.63) is 0 Å². The van der Waals surface area contributed by atoms with E-state index in [1.54, 1.807) is 0 Å². The van der Waals surface area contributed by atoms with Gasteiger partial charge < -0.3 is 4.74 Å². The van der Waals surface area contributed by atoms with E-state index in [1.807, 2.05) is 0 Å². The van der Waals surface area contributed by atoms with E-state index in [4.69, 9.17) is 4.74 Å². The second-order valence-corrected chi connectivity index (χ2v) is 4.28. The smallest absolute Gasteiger partial charge is 0.0977 e. The first-order chi connectivity index (χ1) is 5.22. The zero-order chi connectivity index (χ0) is 7.95. The zero-order valence-corrected chi connectivity index (χ0v) is 7.65. The molecule has 0 bridgehead atoms. The molecule has 1 aliphatic carbocycles. The van der Waals surface area contributed by atoms with Crippen molar-refractivity contribution in [2.75, 3.05) is 0 Å². The Balaban J connectivity index is 2.04. The minimum Gasteiger partial charge on any atom is -0.363 e. The lowest BCUT2D eigenvalue weighted by atomic mass is 9.78. The van der Waals surface area contributed by atoms with Crippen molar-refractivity contribution in [3.63, 3.8) is 0 Å². The molecule has 0 aromatic heterocycles. The molecule has 1 heteroatoms. The van der Waals surface area contributed by atoms with Crippen molar-refractivity contribution in [2.45, 2.75) is 63.6 Å². The normalized spacial score (nSPS) is 48.5. The molecule has 0 amide bonds. The molecule has 0 spiro atoms. The summed E-state index contributed by atoms with van der Waals surface area (Å²) >= 11 is 0. The summed E-state index contributed by atoms with van der Waals surface area (Å²) in [7, 11) is 0. The molecule has 2 rings (SSSR count). The highest BCUT2D eigenvalue weighted by atomic mass is 16.6. The second kappa shape index (κ2) is 2.22. The van der Waals surface area contributed by atoms with Crippen LogP contribution in [0.3, 0.4) is 0 Å². The summed E-state index contributed by atoms with van der Waals surface area (Å²) in [6.45, 7) is 4.55. The number of rotatable bonds is 2. The van der Waals surface area contributed by atoms with E-state index in [-0.39, 0.29) is 0 Å². The van der Waals surface area contributed by atoms with Crippen LogP contribution in [0.15, 0.2) is 0 Å². The van der Waals surface area contributed by atoms with E-state index in [9.17, 15) is 0 Å². The van der Waals surface area contributed by atoms with Crippen LogP contribution in [-0.2, 0) is 4.74 Å². The summed E-state index contributed by atoms with van der Waals surface area (Å²) in [6, 6.07) is 0. The lowest BCUT2D eigenvalue weighted by molar-refractivity contribution is 0.259. The van der Waals surface area contributed by atoms with E-state index in [0.717, 1.165) is 0 Å². The Hall–Kier alpha value is -0.0400. The molecule has 1 saturated heterocycles. The zero-order valence-electron chi connectivity index (χ0n) is 7.65. The van der Waals surface area contributed by atoms with Crippen molar-refractivity contribution in [1.29, 1.82) is 0 Å². The van der Waals surface area contributed by atoms with Crippen LogP contribution >= 0.6 is 0 Å². The maximum atomic E-state index is 5.89. The molecular formula is C10H18O. The first-order valence-electron chi connectivity index (χ1n) is 4.93. The van der Waals surface area contributed by atoms with Gasteiger partial charge in [-0.25, -0.2) is 0 Å². The molecule has 0 aromatic rings. The van der Waals surface area contributed by atoms with Gasteiger partial charge in [0.1, 0.15) is 0 Å². The highest BCUT2D eigenvalue weighted by Crippen LogP contribution is 2.59. The van der Waals surface area contributed by atoms with Gasteiger partial charge >= 0.3 is 0 Å². The van der Waals surface area contributed by atoms with Crippen LogP contribution < -0.4 is 0 Å². The Bertz CT molecular complexity index is 157. The first-order valence-corrected chi connectivity index (χ1v) is 4.93. The summed E-state index contributed by atoms with van der Waals surface area (Å²) in [5.41, 5.74) is 0.626. The van der Waals surface area contributed by atoms with Gasteiger partial charge in [0.2, 0.25) is 0 Å². The van der Waals surface area contributed by atoms with Crippen molar-refractivity contribution >= 4 is 0 Å². The summed E-state index contributed by atoms with van der Waals surface area (Å²) in [6.07, 6.45) is 7.93. The molecule has 11 heavy (non-hydrogen) atoms. The Morgan fingerprint density at radius 1 is 1.27 bits per heavy atom. The maximum absolute atomic E-state index is 5.89. The first kappa shape index (κ1) is 7.60. The molecule has 0 aromatic carbocycles. The SMILES string of the molecule is CCCC12CCCCC1(C)O2. The molecule has 0 radical (unpaired) electrons. The average molecular weight is 154 g/mol. The van der Waals surface area contributed by atoms with Crippen LogP contribution in [-0.4, -0.2) is 11.2 Å². The van der Waals surface area contributed by atoms with Gasteiger partial charge in [-0.1, -0.05) is 26.2 Å². The standard InChI is InChI=1S/C10H18O/c1-3-6-10-8-5-4-7-9(10,2)11-10/h3-8H2,1-2H3. The Labute approximate surface area is 69.1 Å².